The fourth-order valence-electron chi connectivity index (χ4n) is 3.34. The Hall–Kier alpha value is -2.16. The van der Waals surface area contributed by atoms with Crippen LogP contribution in [0.2, 0.25) is 0 Å². The van der Waals surface area contributed by atoms with Crippen LogP contribution in [0.15, 0.2) is 48.8 Å². The first-order chi connectivity index (χ1) is 14.3. The standard InChI is InChI=1S/C26H38N2O/c1-3-5-7-9-10-12-14-20-29-25-18-16-24(17-19-25)26-27-21-23(22-28-26)15-13-11-8-6-4-2/h3,5,16-19,21-22H,4,6-15,20H2,1-2H3/b5-3-. The number of unbranched alkanes of at least 4 members (excludes halogenated alkanes) is 8. The van der Waals surface area contributed by atoms with Crippen molar-refractivity contribution in [3.05, 3.63) is 54.4 Å². The average Bonchev–Trinajstić information content (AvgIpc) is 2.76. The van der Waals surface area contributed by atoms with Crippen molar-refractivity contribution < 1.29 is 4.74 Å². The van der Waals surface area contributed by atoms with Crippen molar-refractivity contribution in [3.8, 4) is 17.1 Å². The van der Waals surface area contributed by atoms with E-state index in [0.717, 1.165) is 36.6 Å². The van der Waals surface area contributed by atoms with Gasteiger partial charge in [-0.2, -0.15) is 0 Å². The molecule has 0 aliphatic heterocycles. The molecule has 0 radical (unpaired) electrons. The highest BCUT2D eigenvalue weighted by molar-refractivity contribution is 5.55. The van der Waals surface area contributed by atoms with Crippen molar-refractivity contribution in [2.75, 3.05) is 6.61 Å². The molecule has 0 N–H and O–H groups in total. The second-order valence-electron chi connectivity index (χ2n) is 7.72. The molecule has 0 unspecified atom stereocenters. The summed E-state index contributed by atoms with van der Waals surface area (Å²) in [6, 6.07) is 8.14. The van der Waals surface area contributed by atoms with Crippen LogP contribution in [0.3, 0.4) is 0 Å². The molecule has 3 heteroatoms. The topological polar surface area (TPSA) is 35.0 Å². The van der Waals surface area contributed by atoms with Gasteiger partial charge < -0.3 is 4.74 Å². The summed E-state index contributed by atoms with van der Waals surface area (Å²) in [7, 11) is 0. The second-order valence-corrected chi connectivity index (χ2v) is 7.72. The Bertz CT molecular complexity index is 677. The number of allylic oxidation sites excluding steroid dienone is 2. The molecule has 0 atom stereocenters. The van der Waals surface area contributed by atoms with Gasteiger partial charge in [0.25, 0.3) is 0 Å². The maximum atomic E-state index is 5.86. The number of aryl methyl sites for hydroxylation is 1. The summed E-state index contributed by atoms with van der Waals surface area (Å²) in [5.74, 6) is 1.71. The fourth-order valence-corrected chi connectivity index (χ4v) is 3.34. The number of hydrogen-bond acceptors (Lipinski definition) is 3. The lowest BCUT2D eigenvalue weighted by atomic mass is 10.1. The zero-order chi connectivity index (χ0) is 20.6. The molecule has 0 fully saturated rings. The Morgan fingerprint density at radius 2 is 1.52 bits per heavy atom. The van der Waals surface area contributed by atoms with Gasteiger partial charge in [0.1, 0.15) is 5.75 Å². The molecule has 29 heavy (non-hydrogen) atoms. The molecule has 1 heterocycles. The predicted molar refractivity (Wildman–Crippen MR) is 123 cm³/mol. The number of ether oxygens (including phenoxy) is 1. The summed E-state index contributed by atoms with van der Waals surface area (Å²) in [4.78, 5) is 9.11. The molecule has 158 valence electrons. The van der Waals surface area contributed by atoms with E-state index in [1.165, 1.54) is 63.4 Å². The van der Waals surface area contributed by atoms with Gasteiger partial charge in [-0.05, 0) is 68.9 Å². The van der Waals surface area contributed by atoms with Crippen molar-refractivity contribution >= 4 is 0 Å². The van der Waals surface area contributed by atoms with E-state index < -0.39 is 0 Å². The molecule has 0 bridgehead atoms. The van der Waals surface area contributed by atoms with Crippen LogP contribution in [-0.2, 0) is 6.42 Å². The lowest BCUT2D eigenvalue weighted by Crippen LogP contribution is -1.97. The number of benzene rings is 1. The van der Waals surface area contributed by atoms with E-state index in [1.807, 2.05) is 36.7 Å². The molecule has 1 aromatic heterocycles. The smallest absolute Gasteiger partial charge is 0.159 e. The second kappa shape index (κ2) is 14.8. The van der Waals surface area contributed by atoms with Gasteiger partial charge in [0, 0.05) is 18.0 Å². The van der Waals surface area contributed by atoms with Crippen LogP contribution in [0.25, 0.3) is 11.4 Å². The summed E-state index contributed by atoms with van der Waals surface area (Å²) in [6.07, 6.45) is 22.0. The Morgan fingerprint density at radius 1 is 0.828 bits per heavy atom. The molecule has 0 amide bonds. The molecule has 1 aromatic carbocycles. The van der Waals surface area contributed by atoms with Gasteiger partial charge >= 0.3 is 0 Å². The molecule has 2 aromatic rings. The molecular formula is C26H38N2O. The minimum absolute atomic E-state index is 0.784. The Balaban J connectivity index is 1.68. The van der Waals surface area contributed by atoms with Crippen molar-refractivity contribution in [1.82, 2.24) is 9.97 Å². The number of hydrogen-bond donors (Lipinski definition) is 0. The molecule has 0 aliphatic rings. The summed E-state index contributed by atoms with van der Waals surface area (Å²) in [5.41, 5.74) is 2.27. The van der Waals surface area contributed by atoms with Gasteiger partial charge in [-0.3, -0.25) is 0 Å². The average molecular weight is 395 g/mol. The zero-order valence-corrected chi connectivity index (χ0v) is 18.4. The fraction of sp³-hybridized carbons (Fsp3) is 0.538. The predicted octanol–water partition coefficient (Wildman–Crippen LogP) is 7.56. The maximum absolute atomic E-state index is 5.86. The first-order valence-electron chi connectivity index (χ1n) is 11.5. The third-order valence-electron chi connectivity index (χ3n) is 5.16. The zero-order valence-electron chi connectivity index (χ0n) is 18.4. The normalized spacial score (nSPS) is 11.2. The number of rotatable bonds is 15. The minimum Gasteiger partial charge on any atom is -0.494 e. The Labute approximate surface area is 177 Å². The van der Waals surface area contributed by atoms with Gasteiger partial charge in [0.2, 0.25) is 0 Å². The number of nitrogens with zero attached hydrogens (tertiary/aromatic N) is 2. The van der Waals surface area contributed by atoms with E-state index in [-0.39, 0.29) is 0 Å². The molecular weight excluding hydrogens is 356 g/mol. The van der Waals surface area contributed by atoms with E-state index in [0.29, 0.717) is 0 Å². The third kappa shape index (κ3) is 9.74. The van der Waals surface area contributed by atoms with Crippen molar-refractivity contribution in [2.45, 2.75) is 84.5 Å². The Morgan fingerprint density at radius 3 is 2.24 bits per heavy atom. The van der Waals surface area contributed by atoms with E-state index in [9.17, 15) is 0 Å². The van der Waals surface area contributed by atoms with Crippen molar-refractivity contribution in [2.24, 2.45) is 0 Å². The molecule has 2 rings (SSSR count). The highest BCUT2D eigenvalue weighted by Crippen LogP contribution is 2.20. The van der Waals surface area contributed by atoms with Crippen LogP contribution in [0.5, 0.6) is 5.75 Å². The van der Waals surface area contributed by atoms with E-state index in [2.05, 4.69) is 36.0 Å². The van der Waals surface area contributed by atoms with Crippen LogP contribution in [0, 0.1) is 0 Å². The molecule has 3 nitrogen and oxygen atoms in total. The lowest BCUT2D eigenvalue weighted by Gasteiger charge is -2.07. The first kappa shape index (κ1) is 23.1. The van der Waals surface area contributed by atoms with Gasteiger partial charge in [-0.15, -0.1) is 0 Å². The first-order valence-corrected chi connectivity index (χ1v) is 11.5. The van der Waals surface area contributed by atoms with Gasteiger partial charge in [-0.1, -0.05) is 57.6 Å². The molecule has 0 saturated carbocycles. The highest BCUT2D eigenvalue weighted by Gasteiger charge is 2.03. The number of aromatic nitrogens is 2. The van der Waals surface area contributed by atoms with Crippen LogP contribution >= 0.6 is 0 Å². The molecule has 0 saturated heterocycles. The van der Waals surface area contributed by atoms with E-state index in [1.54, 1.807) is 0 Å². The van der Waals surface area contributed by atoms with Gasteiger partial charge in [0.15, 0.2) is 5.82 Å². The largest absolute Gasteiger partial charge is 0.494 e. The van der Waals surface area contributed by atoms with Crippen molar-refractivity contribution in [3.63, 3.8) is 0 Å². The molecule has 0 aliphatic carbocycles. The molecule has 0 spiro atoms. The summed E-state index contributed by atoms with van der Waals surface area (Å²) in [5, 5.41) is 0. The van der Waals surface area contributed by atoms with Gasteiger partial charge in [0.05, 0.1) is 6.61 Å². The van der Waals surface area contributed by atoms with Gasteiger partial charge in [-0.25, -0.2) is 9.97 Å². The van der Waals surface area contributed by atoms with Crippen molar-refractivity contribution in [1.29, 1.82) is 0 Å². The third-order valence-corrected chi connectivity index (χ3v) is 5.16. The summed E-state index contributed by atoms with van der Waals surface area (Å²) in [6.45, 7) is 5.11. The highest BCUT2D eigenvalue weighted by atomic mass is 16.5. The van der Waals surface area contributed by atoms with E-state index in [4.69, 9.17) is 4.74 Å². The quantitative estimate of drug-likeness (QED) is 0.231. The van der Waals surface area contributed by atoms with Crippen LogP contribution in [0.1, 0.15) is 83.6 Å². The van der Waals surface area contributed by atoms with Crippen LogP contribution in [-0.4, -0.2) is 16.6 Å². The van der Waals surface area contributed by atoms with Crippen LogP contribution in [0.4, 0.5) is 0 Å². The SMILES string of the molecule is C/C=C\CCCCCCOc1ccc(-c2ncc(CCCCCCC)cn2)cc1. The minimum atomic E-state index is 0.784. The summed E-state index contributed by atoms with van der Waals surface area (Å²) < 4.78 is 5.86. The van der Waals surface area contributed by atoms with Crippen LogP contribution < -0.4 is 4.74 Å². The lowest BCUT2D eigenvalue weighted by molar-refractivity contribution is 0.305. The monoisotopic (exact) mass is 394 g/mol. The summed E-state index contributed by atoms with van der Waals surface area (Å²) >= 11 is 0. The maximum Gasteiger partial charge on any atom is 0.159 e. The Kier molecular flexibility index (Phi) is 11.8. The van der Waals surface area contributed by atoms with E-state index >= 15 is 0 Å².